The highest BCUT2D eigenvalue weighted by Gasteiger charge is 2.25. The predicted octanol–water partition coefficient (Wildman–Crippen LogP) is 0.180. The maximum atomic E-state index is 11.8. The van der Waals surface area contributed by atoms with Crippen molar-refractivity contribution in [2.75, 3.05) is 13.1 Å². The van der Waals surface area contributed by atoms with E-state index in [4.69, 9.17) is 5.26 Å². The second-order valence-electron chi connectivity index (χ2n) is 3.57. The summed E-state index contributed by atoms with van der Waals surface area (Å²) in [5.74, 6) is -0.196. The Kier molecular flexibility index (Phi) is 2.63. The summed E-state index contributed by atoms with van der Waals surface area (Å²) in [6.07, 6.45) is 3.15. The SMILES string of the molecule is N#CC1CCCN(C(=O)c2cn[nH]n2)C1. The minimum atomic E-state index is -0.149. The van der Waals surface area contributed by atoms with Gasteiger partial charge in [0.1, 0.15) is 0 Å². The number of nitriles is 1. The molecule has 0 radical (unpaired) electrons. The van der Waals surface area contributed by atoms with Crippen molar-refractivity contribution in [3.63, 3.8) is 0 Å². The number of piperidine rings is 1. The molecule has 0 aromatic carbocycles. The Bertz CT molecular complexity index is 380. The Hall–Kier alpha value is -1.90. The van der Waals surface area contributed by atoms with Gasteiger partial charge in [0, 0.05) is 13.1 Å². The highest BCUT2D eigenvalue weighted by molar-refractivity contribution is 5.91. The molecule has 6 heteroatoms. The zero-order chi connectivity index (χ0) is 10.7. The van der Waals surface area contributed by atoms with Gasteiger partial charge in [0.25, 0.3) is 5.91 Å². The van der Waals surface area contributed by atoms with Gasteiger partial charge in [-0.1, -0.05) is 0 Å². The van der Waals surface area contributed by atoms with Crippen LogP contribution in [0, 0.1) is 17.2 Å². The van der Waals surface area contributed by atoms with Crippen LogP contribution in [0.4, 0.5) is 0 Å². The fourth-order valence-electron chi connectivity index (χ4n) is 1.73. The third-order valence-corrected chi connectivity index (χ3v) is 2.53. The minimum absolute atomic E-state index is 0.0467. The standard InChI is InChI=1S/C9H11N5O/c10-4-7-2-1-3-14(6-7)9(15)8-5-11-13-12-8/h5,7H,1-3,6H2,(H,11,12,13). The summed E-state index contributed by atoms with van der Waals surface area (Å²) in [4.78, 5) is 13.5. The van der Waals surface area contributed by atoms with Crippen LogP contribution < -0.4 is 0 Å². The molecular weight excluding hydrogens is 194 g/mol. The van der Waals surface area contributed by atoms with E-state index in [1.807, 2.05) is 0 Å². The van der Waals surface area contributed by atoms with E-state index in [9.17, 15) is 4.79 Å². The van der Waals surface area contributed by atoms with Crippen LogP contribution in [0.3, 0.4) is 0 Å². The number of carbonyl (C=O) groups is 1. The molecule has 1 unspecified atom stereocenters. The molecule has 15 heavy (non-hydrogen) atoms. The number of hydrogen-bond acceptors (Lipinski definition) is 4. The summed E-state index contributed by atoms with van der Waals surface area (Å²) >= 11 is 0. The van der Waals surface area contributed by atoms with Crippen LogP contribution in [0.2, 0.25) is 0 Å². The van der Waals surface area contributed by atoms with Crippen molar-refractivity contribution < 1.29 is 4.79 Å². The van der Waals surface area contributed by atoms with E-state index in [0.717, 1.165) is 12.8 Å². The number of nitrogens with zero attached hydrogens (tertiary/aromatic N) is 4. The lowest BCUT2D eigenvalue weighted by Crippen LogP contribution is -2.39. The van der Waals surface area contributed by atoms with Crippen molar-refractivity contribution >= 4 is 5.91 Å². The van der Waals surface area contributed by atoms with Gasteiger partial charge >= 0.3 is 0 Å². The summed E-state index contributed by atoms with van der Waals surface area (Å²) in [7, 11) is 0. The average molecular weight is 205 g/mol. The van der Waals surface area contributed by atoms with Crippen LogP contribution in [0.5, 0.6) is 0 Å². The monoisotopic (exact) mass is 205 g/mol. The van der Waals surface area contributed by atoms with Gasteiger partial charge in [0.15, 0.2) is 5.69 Å². The number of rotatable bonds is 1. The van der Waals surface area contributed by atoms with Crippen molar-refractivity contribution in [3.05, 3.63) is 11.9 Å². The Labute approximate surface area is 86.9 Å². The Morgan fingerprint density at radius 1 is 1.73 bits per heavy atom. The van der Waals surface area contributed by atoms with Gasteiger partial charge in [0.05, 0.1) is 18.2 Å². The average Bonchev–Trinajstić information content (AvgIpc) is 2.81. The summed E-state index contributed by atoms with van der Waals surface area (Å²) in [5.41, 5.74) is 0.314. The largest absolute Gasteiger partial charge is 0.336 e. The van der Waals surface area contributed by atoms with Gasteiger partial charge in [-0.05, 0) is 12.8 Å². The molecule has 2 heterocycles. The molecule has 0 bridgehead atoms. The molecule has 0 saturated carbocycles. The van der Waals surface area contributed by atoms with E-state index in [0.29, 0.717) is 18.8 Å². The molecule has 1 fully saturated rings. The maximum Gasteiger partial charge on any atom is 0.276 e. The number of carbonyl (C=O) groups excluding carboxylic acids is 1. The second-order valence-corrected chi connectivity index (χ2v) is 3.57. The number of nitrogens with one attached hydrogen (secondary N) is 1. The number of H-pyrrole nitrogens is 1. The van der Waals surface area contributed by atoms with Crippen molar-refractivity contribution in [1.29, 1.82) is 5.26 Å². The summed E-state index contributed by atoms with van der Waals surface area (Å²) in [6.45, 7) is 1.20. The molecule has 6 nitrogen and oxygen atoms in total. The number of aromatic nitrogens is 3. The van der Waals surface area contributed by atoms with Crippen molar-refractivity contribution in [2.45, 2.75) is 12.8 Å². The van der Waals surface area contributed by atoms with Crippen LogP contribution in [0.15, 0.2) is 6.20 Å². The molecule has 1 aromatic heterocycles. The number of aromatic amines is 1. The zero-order valence-corrected chi connectivity index (χ0v) is 8.18. The lowest BCUT2D eigenvalue weighted by Gasteiger charge is -2.28. The topological polar surface area (TPSA) is 85.7 Å². The number of hydrogen-bond donors (Lipinski definition) is 1. The van der Waals surface area contributed by atoms with Crippen LogP contribution >= 0.6 is 0 Å². The van der Waals surface area contributed by atoms with Crippen LogP contribution in [-0.4, -0.2) is 39.3 Å². The fourth-order valence-corrected chi connectivity index (χ4v) is 1.73. The summed E-state index contributed by atoms with van der Waals surface area (Å²) < 4.78 is 0. The molecule has 1 aliphatic rings. The highest BCUT2D eigenvalue weighted by atomic mass is 16.2. The molecule has 78 valence electrons. The first-order chi connectivity index (χ1) is 7.31. The van der Waals surface area contributed by atoms with Crippen LogP contribution in [0.1, 0.15) is 23.3 Å². The highest BCUT2D eigenvalue weighted by Crippen LogP contribution is 2.16. The zero-order valence-electron chi connectivity index (χ0n) is 8.18. The first-order valence-electron chi connectivity index (χ1n) is 4.86. The van der Waals surface area contributed by atoms with E-state index in [1.54, 1.807) is 4.90 Å². The van der Waals surface area contributed by atoms with Crippen LogP contribution in [-0.2, 0) is 0 Å². The number of likely N-dealkylation sites (tertiary alicyclic amines) is 1. The van der Waals surface area contributed by atoms with Gasteiger partial charge in [-0.2, -0.15) is 20.7 Å². The molecule has 0 spiro atoms. The molecule has 0 aliphatic carbocycles. The van der Waals surface area contributed by atoms with Crippen molar-refractivity contribution in [3.8, 4) is 6.07 Å². The molecule has 2 rings (SSSR count). The lowest BCUT2D eigenvalue weighted by molar-refractivity contribution is 0.0692. The van der Waals surface area contributed by atoms with Crippen molar-refractivity contribution in [1.82, 2.24) is 20.3 Å². The van der Waals surface area contributed by atoms with Gasteiger partial charge in [0.2, 0.25) is 0 Å². The predicted molar refractivity (Wildman–Crippen MR) is 50.6 cm³/mol. The second kappa shape index (κ2) is 4.09. The normalized spacial score (nSPS) is 21.0. The molecule has 1 saturated heterocycles. The number of amides is 1. The molecular formula is C9H11N5O. The summed E-state index contributed by atoms with van der Waals surface area (Å²) in [5, 5.41) is 18.5. The minimum Gasteiger partial charge on any atom is -0.336 e. The van der Waals surface area contributed by atoms with Crippen LogP contribution in [0.25, 0.3) is 0 Å². The Balaban J connectivity index is 2.05. The molecule has 1 amide bonds. The van der Waals surface area contributed by atoms with Crippen molar-refractivity contribution in [2.24, 2.45) is 5.92 Å². The van der Waals surface area contributed by atoms with Gasteiger partial charge in [-0.3, -0.25) is 4.79 Å². The van der Waals surface area contributed by atoms with E-state index in [1.165, 1.54) is 6.20 Å². The fraction of sp³-hybridized carbons (Fsp3) is 0.556. The van der Waals surface area contributed by atoms with Gasteiger partial charge in [-0.15, -0.1) is 0 Å². The van der Waals surface area contributed by atoms with Gasteiger partial charge < -0.3 is 4.90 Å². The lowest BCUT2D eigenvalue weighted by atomic mass is 9.99. The third kappa shape index (κ3) is 1.96. The first kappa shape index (κ1) is 9.65. The molecule has 1 aliphatic heterocycles. The Morgan fingerprint density at radius 3 is 3.27 bits per heavy atom. The van der Waals surface area contributed by atoms with E-state index >= 15 is 0 Å². The first-order valence-corrected chi connectivity index (χ1v) is 4.86. The quantitative estimate of drug-likeness (QED) is 0.708. The van der Waals surface area contributed by atoms with E-state index in [-0.39, 0.29) is 11.8 Å². The Morgan fingerprint density at radius 2 is 2.60 bits per heavy atom. The van der Waals surface area contributed by atoms with Gasteiger partial charge in [-0.25, -0.2) is 0 Å². The molecule has 1 N–H and O–H groups in total. The third-order valence-electron chi connectivity index (χ3n) is 2.53. The van der Waals surface area contributed by atoms with E-state index in [2.05, 4.69) is 21.5 Å². The smallest absolute Gasteiger partial charge is 0.276 e. The van der Waals surface area contributed by atoms with E-state index < -0.39 is 0 Å². The molecule has 1 aromatic rings. The maximum absolute atomic E-state index is 11.8. The molecule has 1 atom stereocenters. The summed E-state index contributed by atoms with van der Waals surface area (Å²) in [6, 6.07) is 2.20.